The summed E-state index contributed by atoms with van der Waals surface area (Å²) in [4.78, 5) is 12.3. The van der Waals surface area contributed by atoms with E-state index in [1.165, 1.54) is 14.2 Å². The number of hydrogen-bond donors (Lipinski definition) is 2. The Balaban J connectivity index is 1.87. The third kappa shape index (κ3) is 6.06. The normalized spacial score (nSPS) is 11.4. The number of hydrogen-bond acceptors (Lipinski definition) is 6. The standard InChI is InChI=1S/C21H27NO6/c1-4-11-27-17-8-5-7-15(12-17)21(24)22-13-16(23)14-28-20-18(25-2)9-6-10-19(20)26-3/h5-10,12,16,23H,4,11,13-14H2,1-3H3,(H,22,24). The van der Waals surface area contributed by atoms with Crippen molar-refractivity contribution in [1.29, 1.82) is 0 Å². The summed E-state index contributed by atoms with van der Waals surface area (Å²) in [5, 5.41) is 12.8. The Morgan fingerprint density at radius 1 is 1.07 bits per heavy atom. The van der Waals surface area contributed by atoms with Gasteiger partial charge in [-0.25, -0.2) is 0 Å². The summed E-state index contributed by atoms with van der Waals surface area (Å²) in [5.41, 5.74) is 0.466. The number of rotatable bonds is 11. The van der Waals surface area contributed by atoms with E-state index in [4.69, 9.17) is 18.9 Å². The Hall–Kier alpha value is -2.93. The maximum absolute atomic E-state index is 12.3. The summed E-state index contributed by atoms with van der Waals surface area (Å²) >= 11 is 0. The predicted octanol–water partition coefficient (Wildman–Crippen LogP) is 2.66. The SMILES string of the molecule is CCCOc1cccc(C(=O)NCC(O)COc2c(OC)cccc2OC)c1. The van der Waals surface area contributed by atoms with E-state index in [0.29, 0.717) is 35.2 Å². The van der Waals surface area contributed by atoms with E-state index in [0.717, 1.165) is 6.42 Å². The minimum absolute atomic E-state index is 0.0311. The Kier molecular flexibility index (Phi) is 8.42. The second-order valence-electron chi connectivity index (χ2n) is 6.04. The highest BCUT2D eigenvalue weighted by atomic mass is 16.5. The van der Waals surface area contributed by atoms with Crippen LogP contribution in [0.1, 0.15) is 23.7 Å². The molecule has 0 saturated heterocycles. The first-order valence-corrected chi connectivity index (χ1v) is 9.12. The Bertz CT molecular complexity index is 742. The van der Waals surface area contributed by atoms with Gasteiger partial charge >= 0.3 is 0 Å². The summed E-state index contributed by atoms with van der Waals surface area (Å²) in [7, 11) is 3.05. The molecule has 0 spiro atoms. The van der Waals surface area contributed by atoms with Crippen molar-refractivity contribution in [1.82, 2.24) is 5.32 Å². The predicted molar refractivity (Wildman–Crippen MR) is 106 cm³/mol. The Morgan fingerprint density at radius 2 is 1.75 bits per heavy atom. The van der Waals surface area contributed by atoms with Gasteiger partial charge in [0.2, 0.25) is 5.75 Å². The molecule has 0 aliphatic heterocycles. The van der Waals surface area contributed by atoms with Crippen LogP contribution in [0, 0.1) is 0 Å². The van der Waals surface area contributed by atoms with Gasteiger partial charge in [0.05, 0.1) is 20.8 Å². The number of aliphatic hydroxyl groups is 1. The smallest absolute Gasteiger partial charge is 0.251 e. The molecule has 1 atom stereocenters. The second-order valence-corrected chi connectivity index (χ2v) is 6.04. The number of nitrogens with one attached hydrogen (secondary N) is 1. The second kappa shape index (κ2) is 11.0. The third-order valence-electron chi connectivity index (χ3n) is 3.87. The number of benzene rings is 2. The maximum Gasteiger partial charge on any atom is 0.251 e. The molecule has 28 heavy (non-hydrogen) atoms. The minimum atomic E-state index is -0.905. The first-order chi connectivity index (χ1) is 13.6. The number of carbonyl (C=O) groups excluding carboxylic acids is 1. The Morgan fingerprint density at radius 3 is 2.39 bits per heavy atom. The monoisotopic (exact) mass is 389 g/mol. The molecular weight excluding hydrogens is 362 g/mol. The van der Waals surface area contributed by atoms with E-state index in [2.05, 4.69) is 5.32 Å². The van der Waals surface area contributed by atoms with Crippen LogP contribution in [-0.4, -0.2) is 51.1 Å². The number of aliphatic hydroxyl groups excluding tert-OH is 1. The minimum Gasteiger partial charge on any atom is -0.494 e. The Labute approximate surface area is 165 Å². The van der Waals surface area contributed by atoms with Gasteiger partial charge in [-0.1, -0.05) is 19.1 Å². The van der Waals surface area contributed by atoms with Gasteiger partial charge in [-0.3, -0.25) is 4.79 Å². The lowest BCUT2D eigenvalue weighted by atomic mass is 10.2. The van der Waals surface area contributed by atoms with E-state index in [1.54, 1.807) is 42.5 Å². The van der Waals surface area contributed by atoms with Crippen molar-refractivity contribution < 1.29 is 28.8 Å². The fourth-order valence-electron chi connectivity index (χ4n) is 2.46. The number of ether oxygens (including phenoxy) is 4. The van der Waals surface area contributed by atoms with Gasteiger partial charge in [0, 0.05) is 12.1 Å². The highest BCUT2D eigenvalue weighted by Gasteiger charge is 2.15. The van der Waals surface area contributed by atoms with Crippen LogP contribution in [0.4, 0.5) is 0 Å². The fraction of sp³-hybridized carbons (Fsp3) is 0.381. The van der Waals surface area contributed by atoms with Gasteiger partial charge in [0.15, 0.2) is 11.5 Å². The molecule has 2 aromatic rings. The number of amides is 1. The van der Waals surface area contributed by atoms with E-state index >= 15 is 0 Å². The van der Waals surface area contributed by atoms with Crippen LogP contribution in [0.3, 0.4) is 0 Å². The molecule has 7 nitrogen and oxygen atoms in total. The third-order valence-corrected chi connectivity index (χ3v) is 3.87. The first-order valence-electron chi connectivity index (χ1n) is 9.12. The molecule has 0 fully saturated rings. The fourth-order valence-corrected chi connectivity index (χ4v) is 2.46. The molecule has 0 aliphatic rings. The molecule has 1 amide bonds. The van der Waals surface area contributed by atoms with Gasteiger partial charge in [-0.2, -0.15) is 0 Å². The van der Waals surface area contributed by atoms with Crippen LogP contribution in [-0.2, 0) is 0 Å². The van der Waals surface area contributed by atoms with Crippen LogP contribution in [0.2, 0.25) is 0 Å². The molecule has 0 radical (unpaired) electrons. The molecule has 152 valence electrons. The zero-order chi connectivity index (χ0) is 20.4. The number of methoxy groups -OCH3 is 2. The molecule has 0 aliphatic carbocycles. The lowest BCUT2D eigenvalue weighted by Crippen LogP contribution is -2.35. The summed E-state index contributed by atoms with van der Waals surface area (Å²) in [5.74, 6) is 1.75. The van der Waals surface area contributed by atoms with Crippen LogP contribution < -0.4 is 24.3 Å². The van der Waals surface area contributed by atoms with E-state index in [-0.39, 0.29) is 19.1 Å². The topological polar surface area (TPSA) is 86.3 Å². The van der Waals surface area contributed by atoms with Gasteiger partial charge in [-0.15, -0.1) is 0 Å². The zero-order valence-corrected chi connectivity index (χ0v) is 16.4. The molecule has 0 saturated carbocycles. The van der Waals surface area contributed by atoms with Crippen molar-refractivity contribution in [3.63, 3.8) is 0 Å². The highest BCUT2D eigenvalue weighted by molar-refractivity contribution is 5.94. The molecule has 1 unspecified atom stereocenters. The van der Waals surface area contributed by atoms with Crippen molar-refractivity contribution in [2.45, 2.75) is 19.4 Å². The molecule has 2 rings (SSSR count). The summed E-state index contributed by atoms with van der Waals surface area (Å²) in [6.07, 6.45) is -0.0161. The van der Waals surface area contributed by atoms with Crippen LogP contribution in [0.15, 0.2) is 42.5 Å². The van der Waals surface area contributed by atoms with Gasteiger partial charge in [-0.05, 0) is 36.8 Å². The molecule has 2 N–H and O–H groups in total. The molecular formula is C21H27NO6. The summed E-state index contributed by atoms with van der Waals surface area (Å²) < 4.78 is 21.7. The van der Waals surface area contributed by atoms with E-state index < -0.39 is 6.10 Å². The largest absolute Gasteiger partial charge is 0.494 e. The quantitative estimate of drug-likeness (QED) is 0.615. The van der Waals surface area contributed by atoms with Crippen molar-refractivity contribution in [3.05, 3.63) is 48.0 Å². The lowest BCUT2D eigenvalue weighted by Gasteiger charge is -2.17. The van der Waals surface area contributed by atoms with Crippen LogP contribution in [0.5, 0.6) is 23.0 Å². The van der Waals surface area contributed by atoms with E-state index in [1.807, 2.05) is 6.92 Å². The van der Waals surface area contributed by atoms with E-state index in [9.17, 15) is 9.90 Å². The molecule has 0 aromatic heterocycles. The zero-order valence-electron chi connectivity index (χ0n) is 16.4. The van der Waals surface area contributed by atoms with Gasteiger partial charge in [0.25, 0.3) is 5.91 Å². The van der Waals surface area contributed by atoms with Crippen molar-refractivity contribution in [2.24, 2.45) is 0 Å². The average molecular weight is 389 g/mol. The van der Waals surface area contributed by atoms with Gasteiger partial charge in [0.1, 0.15) is 18.5 Å². The van der Waals surface area contributed by atoms with Crippen molar-refractivity contribution in [2.75, 3.05) is 34.0 Å². The van der Waals surface area contributed by atoms with Crippen LogP contribution >= 0.6 is 0 Å². The van der Waals surface area contributed by atoms with Crippen molar-refractivity contribution >= 4 is 5.91 Å². The molecule has 0 heterocycles. The lowest BCUT2D eigenvalue weighted by molar-refractivity contribution is 0.0833. The highest BCUT2D eigenvalue weighted by Crippen LogP contribution is 2.36. The summed E-state index contributed by atoms with van der Waals surface area (Å²) in [6.45, 7) is 2.61. The number of para-hydroxylation sites is 1. The molecule has 2 aromatic carbocycles. The van der Waals surface area contributed by atoms with Crippen molar-refractivity contribution in [3.8, 4) is 23.0 Å². The van der Waals surface area contributed by atoms with Gasteiger partial charge < -0.3 is 29.4 Å². The van der Waals surface area contributed by atoms with Crippen LogP contribution in [0.25, 0.3) is 0 Å². The first kappa shape index (κ1) is 21.4. The maximum atomic E-state index is 12.3. The number of carbonyl (C=O) groups is 1. The molecule has 7 heteroatoms. The summed E-state index contributed by atoms with van der Waals surface area (Å²) in [6, 6.07) is 12.2. The molecule has 0 bridgehead atoms. The average Bonchev–Trinajstić information content (AvgIpc) is 2.74.